The van der Waals surface area contributed by atoms with Crippen LogP contribution in [0.3, 0.4) is 0 Å². The van der Waals surface area contributed by atoms with Crippen LogP contribution in [0.2, 0.25) is 0 Å². The molecule has 0 saturated heterocycles. The summed E-state index contributed by atoms with van der Waals surface area (Å²) in [4.78, 5) is 21.1. The molecule has 4 aromatic rings. The molecule has 0 aliphatic carbocycles. The van der Waals surface area contributed by atoms with Gasteiger partial charge in [0.25, 0.3) is 0 Å². The van der Waals surface area contributed by atoms with E-state index in [4.69, 9.17) is 9.26 Å². The summed E-state index contributed by atoms with van der Waals surface area (Å²) in [6.07, 6.45) is 1.35. The molecule has 10 heteroatoms. The van der Waals surface area contributed by atoms with E-state index >= 15 is 0 Å². The molecule has 3 N–H and O–H groups in total. The third kappa shape index (κ3) is 4.86. The van der Waals surface area contributed by atoms with Gasteiger partial charge in [-0.2, -0.15) is 10.1 Å². The maximum absolute atomic E-state index is 12.7. The van der Waals surface area contributed by atoms with Gasteiger partial charge in [-0.15, -0.1) is 0 Å². The number of aromatic nitrogens is 5. The largest absolute Gasteiger partial charge is 0.455 e. The van der Waals surface area contributed by atoms with E-state index in [-0.39, 0.29) is 17.6 Å². The van der Waals surface area contributed by atoms with E-state index in [1.54, 1.807) is 12.1 Å². The third-order valence-electron chi connectivity index (χ3n) is 4.39. The average molecular weight is 419 g/mol. The summed E-state index contributed by atoms with van der Waals surface area (Å²) < 4.78 is 11.2. The summed E-state index contributed by atoms with van der Waals surface area (Å²) in [6.45, 7) is 3.88. The van der Waals surface area contributed by atoms with E-state index in [0.29, 0.717) is 23.0 Å². The topological polar surface area (TPSA) is 131 Å². The Hall–Kier alpha value is -4.21. The molecular weight excluding hydrogens is 398 g/mol. The molecule has 2 heterocycles. The fraction of sp³-hybridized carbons (Fsp3) is 0.190. The van der Waals surface area contributed by atoms with E-state index in [9.17, 15) is 4.79 Å². The lowest BCUT2D eigenvalue weighted by Crippen LogP contribution is -2.35. The number of benzene rings is 2. The van der Waals surface area contributed by atoms with E-state index in [0.717, 1.165) is 0 Å². The number of H-pyrrole nitrogens is 1. The molecule has 0 fully saturated rings. The van der Waals surface area contributed by atoms with Crippen LogP contribution in [0, 0.1) is 5.92 Å². The SMILES string of the molecule is CC(C)C(NC(=O)Nc1ccccc1Oc1ccccc1)c1nc(-c2ncn[nH]2)no1. The molecule has 31 heavy (non-hydrogen) atoms. The van der Waals surface area contributed by atoms with Crippen molar-refractivity contribution in [1.29, 1.82) is 0 Å². The Labute approximate surface area is 178 Å². The van der Waals surface area contributed by atoms with Gasteiger partial charge in [0.05, 0.1) is 5.69 Å². The third-order valence-corrected chi connectivity index (χ3v) is 4.39. The van der Waals surface area contributed by atoms with E-state index < -0.39 is 12.1 Å². The Bertz CT molecular complexity index is 1130. The number of anilines is 1. The molecule has 1 atom stereocenters. The highest BCUT2D eigenvalue weighted by Gasteiger charge is 2.26. The van der Waals surface area contributed by atoms with Crippen LogP contribution in [0.4, 0.5) is 10.5 Å². The Balaban J connectivity index is 1.47. The molecule has 10 nitrogen and oxygen atoms in total. The van der Waals surface area contributed by atoms with Gasteiger partial charge < -0.3 is 19.9 Å². The van der Waals surface area contributed by atoms with Crippen molar-refractivity contribution in [2.45, 2.75) is 19.9 Å². The number of para-hydroxylation sites is 3. The average Bonchev–Trinajstić information content (AvgIpc) is 3.46. The van der Waals surface area contributed by atoms with Gasteiger partial charge in [-0.05, 0) is 30.2 Å². The summed E-state index contributed by atoms with van der Waals surface area (Å²) in [7, 11) is 0. The first kappa shape index (κ1) is 20.1. The standard InChI is InChI=1S/C21H21N7O3/c1-13(2)17(20-26-19(28-31-20)18-22-12-23-27-18)25-21(29)24-15-10-6-7-11-16(15)30-14-8-4-3-5-9-14/h3-13,17H,1-2H3,(H,22,23,27)(H2,24,25,29). The number of amides is 2. The van der Waals surface area contributed by atoms with Gasteiger partial charge in [0, 0.05) is 0 Å². The number of nitrogens with zero attached hydrogens (tertiary/aromatic N) is 4. The predicted molar refractivity (Wildman–Crippen MR) is 112 cm³/mol. The summed E-state index contributed by atoms with van der Waals surface area (Å²) in [5, 5.41) is 16.1. The monoisotopic (exact) mass is 419 g/mol. The first-order valence-corrected chi connectivity index (χ1v) is 9.69. The molecule has 0 radical (unpaired) electrons. The van der Waals surface area contributed by atoms with Gasteiger partial charge in [-0.1, -0.05) is 49.3 Å². The van der Waals surface area contributed by atoms with Crippen LogP contribution < -0.4 is 15.4 Å². The number of hydrogen-bond donors (Lipinski definition) is 3. The molecule has 2 amide bonds. The molecule has 2 aromatic carbocycles. The normalized spacial score (nSPS) is 11.8. The zero-order chi connectivity index (χ0) is 21.6. The Morgan fingerprint density at radius 1 is 1.10 bits per heavy atom. The van der Waals surface area contributed by atoms with Crippen molar-refractivity contribution in [2.24, 2.45) is 5.92 Å². The van der Waals surface area contributed by atoms with Crippen LogP contribution >= 0.6 is 0 Å². The van der Waals surface area contributed by atoms with Crippen LogP contribution in [0.25, 0.3) is 11.6 Å². The van der Waals surface area contributed by atoms with Gasteiger partial charge in [0.1, 0.15) is 18.1 Å². The fourth-order valence-electron chi connectivity index (χ4n) is 2.86. The highest BCUT2D eigenvalue weighted by atomic mass is 16.5. The maximum Gasteiger partial charge on any atom is 0.320 e. The minimum absolute atomic E-state index is 0.00964. The predicted octanol–water partition coefficient (Wildman–Crippen LogP) is 4.17. The smallest absolute Gasteiger partial charge is 0.320 e. The van der Waals surface area contributed by atoms with E-state index in [1.165, 1.54) is 6.33 Å². The van der Waals surface area contributed by atoms with Crippen molar-refractivity contribution in [2.75, 3.05) is 5.32 Å². The van der Waals surface area contributed by atoms with E-state index in [1.807, 2.05) is 56.3 Å². The molecule has 1 unspecified atom stereocenters. The molecule has 2 aromatic heterocycles. The lowest BCUT2D eigenvalue weighted by molar-refractivity contribution is 0.235. The number of carbonyl (C=O) groups excluding carboxylic acids is 1. The molecule has 0 saturated carbocycles. The minimum atomic E-state index is -0.508. The van der Waals surface area contributed by atoms with Crippen LogP contribution in [0.15, 0.2) is 65.4 Å². The molecular formula is C21H21N7O3. The number of rotatable bonds is 7. The first-order valence-electron chi connectivity index (χ1n) is 9.69. The van der Waals surface area contributed by atoms with Crippen LogP contribution in [-0.2, 0) is 0 Å². The quantitative estimate of drug-likeness (QED) is 0.410. The van der Waals surface area contributed by atoms with Crippen molar-refractivity contribution in [3.63, 3.8) is 0 Å². The minimum Gasteiger partial charge on any atom is -0.455 e. The second-order valence-corrected chi connectivity index (χ2v) is 7.02. The van der Waals surface area contributed by atoms with Gasteiger partial charge in [0.2, 0.25) is 11.7 Å². The Kier molecular flexibility index (Phi) is 5.88. The highest BCUT2D eigenvalue weighted by Crippen LogP contribution is 2.29. The molecule has 4 rings (SSSR count). The fourth-order valence-corrected chi connectivity index (χ4v) is 2.86. The van der Waals surface area contributed by atoms with Crippen molar-refractivity contribution in [1.82, 2.24) is 30.6 Å². The number of carbonyl (C=O) groups is 1. The molecule has 0 aliphatic heterocycles. The highest BCUT2D eigenvalue weighted by molar-refractivity contribution is 5.91. The van der Waals surface area contributed by atoms with Crippen molar-refractivity contribution < 1.29 is 14.1 Å². The summed E-state index contributed by atoms with van der Waals surface area (Å²) in [5.74, 6) is 2.10. The number of nitrogens with one attached hydrogen (secondary N) is 3. The van der Waals surface area contributed by atoms with Crippen LogP contribution in [-0.4, -0.2) is 31.4 Å². The van der Waals surface area contributed by atoms with Crippen molar-refractivity contribution in [3.8, 4) is 23.1 Å². The van der Waals surface area contributed by atoms with Gasteiger partial charge in [0.15, 0.2) is 11.6 Å². The van der Waals surface area contributed by atoms with Crippen LogP contribution in [0.5, 0.6) is 11.5 Å². The lowest BCUT2D eigenvalue weighted by atomic mass is 10.0. The van der Waals surface area contributed by atoms with Crippen molar-refractivity contribution >= 4 is 11.7 Å². The van der Waals surface area contributed by atoms with Crippen molar-refractivity contribution in [3.05, 3.63) is 66.8 Å². The van der Waals surface area contributed by atoms with Gasteiger partial charge in [-0.3, -0.25) is 5.10 Å². The molecule has 0 spiro atoms. The molecule has 0 aliphatic rings. The lowest BCUT2D eigenvalue weighted by Gasteiger charge is -2.19. The second kappa shape index (κ2) is 9.08. The number of urea groups is 1. The molecule has 0 bridgehead atoms. The number of ether oxygens (including phenoxy) is 1. The zero-order valence-corrected chi connectivity index (χ0v) is 16.9. The maximum atomic E-state index is 12.7. The summed E-state index contributed by atoms with van der Waals surface area (Å²) >= 11 is 0. The van der Waals surface area contributed by atoms with Gasteiger partial charge >= 0.3 is 6.03 Å². The van der Waals surface area contributed by atoms with Gasteiger partial charge in [-0.25, -0.2) is 9.78 Å². The number of hydrogen-bond acceptors (Lipinski definition) is 7. The second-order valence-electron chi connectivity index (χ2n) is 7.02. The van der Waals surface area contributed by atoms with Crippen LogP contribution in [0.1, 0.15) is 25.8 Å². The Morgan fingerprint density at radius 2 is 1.87 bits per heavy atom. The van der Waals surface area contributed by atoms with E-state index in [2.05, 4.69) is 36.0 Å². The number of aromatic amines is 1. The summed E-state index contributed by atoms with van der Waals surface area (Å²) in [6, 6.07) is 15.6. The first-order chi connectivity index (χ1) is 15.1. The summed E-state index contributed by atoms with van der Waals surface area (Å²) in [5.41, 5.74) is 0.527. The zero-order valence-electron chi connectivity index (χ0n) is 16.9. The Morgan fingerprint density at radius 3 is 2.61 bits per heavy atom. The molecule has 158 valence electrons.